The zero-order valence-corrected chi connectivity index (χ0v) is 18.5. The number of hydrogen-bond donors (Lipinski definition) is 2. The number of hydrogen-bond acceptors (Lipinski definition) is 6. The molecule has 0 atom stereocenters. The third-order valence-electron chi connectivity index (χ3n) is 6.11. The van der Waals surface area contributed by atoms with Crippen LogP contribution in [0.25, 0.3) is 0 Å². The number of carbonyl (C=O) groups excluding carboxylic acids is 1. The Balaban J connectivity index is 1.38. The normalized spacial score (nSPS) is 15.6. The maximum absolute atomic E-state index is 13.0. The van der Waals surface area contributed by atoms with Crippen LogP contribution in [0.1, 0.15) is 43.1 Å². The van der Waals surface area contributed by atoms with E-state index in [-0.39, 0.29) is 5.41 Å². The topological polar surface area (TPSA) is 86.8 Å². The average Bonchev–Trinajstić information content (AvgIpc) is 3.17. The van der Waals surface area contributed by atoms with Gasteiger partial charge in [0.05, 0.1) is 0 Å². The summed E-state index contributed by atoms with van der Waals surface area (Å²) in [6.07, 6.45) is 3.04. The number of H-pyrrole nitrogens is 1. The molecule has 0 unspecified atom stereocenters. The van der Waals surface area contributed by atoms with Crippen molar-refractivity contribution in [1.82, 2.24) is 20.2 Å². The molecule has 0 bridgehead atoms. The smallest absolute Gasteiger partial charge is 0.227 e. The minimum Gasteiger partial charge on any atom is -0.341 e. The standard InChI is InChI=1S/C24H30N6O/c1-17-15-21(26-22-16-18(2)28-29-22)27-23(25-17)30-13-11-24(3,12-14-30)20(31)10-9-19-7-5-4-6-8-19/h4-8,15-16H,9-14H2,1-3H3,(H2,25,26,27,28,29). The van der Waals surface area contributed by atoms with Crippen molar-refractivity contribution in [2.45, 2.75) is 46.5 Å². The molecule has 31 heavy (non-hydrogen) atoms. The van der Waals surface area contributed by atoms with E-state index in [1.807, 2.05) is 44.2 Å². The van der Waals surface area contributed by atoms with E-state index in [1.54, 1.807) is 0 Å². The minimum atomic E-state index is -0.275. The molecule has 7 heteroatoms. The number of rotatable bonds is 7. The lowest BCUT2D eigenvalue weighted by atomic mass is 9.75. The van der Waals surface area contributed by atoms with Gasteiger partial charge in [-0.1, -0.05) is 37.3 Å². The number of nitrogens with one attached hydrogen (secondary N) is 2. The summed E-state index contributed by atoms with van der Waals surface area (Å²) in [5.74, 6) is 2.52. The van der Waals surface area contributed by atoms with Crippen LogP contribution < -0.4 is 10.2 Å². The van der Waals surface area contributed by atoms with Crippen LogP contribution in [0.2, 0.25) is 0 Å². The largest absolute Gasteiger partial charge is 0.341 e. The Morgan fingerprint density at radius 1 is 1.10 bits per heavy atom. The number of aryl methyl sites for hydroxylation is 3. The molecule has 4 rings (SSSR count). The van der Waals surface area contributed by atoms with Crippen LogP contribution in [0.5, 0.6) is 0 Å². The van der Waals surface area contributed by atoms with Gasteiger partial charge < -0.3 is 10.2 Å². The molecule has 1 fully saturated rings. The number of piperidine rings is 1. The van der Waals surface area contributed by atoms with E-state index in [0.717, 1.165) is 55.4 Å². The van der Waals surface area contributed by atoms with E-state index in [4.69, 9.17) is 4.98 Å². The molecule has 0 saturated carbocycles. The quantitative estimate of drug-likeness (QED) is 0.593. The molecule has 1 aromatic carbocycles. The van der Waals surface area contributed by atoms with Crippen LogP contribution >= 0.6 is 0 Å². The van der Waals surface area contributed by atoms with Gasteiger partial charge in [0.2, 0.25) is 5.95 Å². The number of anilines is 3. The van der Waals surface area contributed by atoms with Crippen molar-refractivity contribution in [3.05, 3.63) is 59.4 Å². The Morgan fingerprint density at radius 3 is 2.52 bits per heavy atom. The first-order valence-electron chi connectivity index (χ1n) is 10.9. The van der Waals surface area contributed by atoms with Gasteiger partial charge in [-0.2, -0.15) is 10.1 Å². The van der Waals surface area contributed by atoms with Gasteiger partial charge in [-0.05, 0) is 38.7 Å². The zero-order chi connectivity index (χ0) is 21.8. The summed E-state index contributed by atoms with van der Waals surface area (Å²) in [4.78, 5) is 24.5. The van der Waals surface area contributed by atoms with Crippen molar-refractivity contribution in [3.63, 3.8) is 0 Å². The molecule has 0 radical (unpaired) electrons. The van der Waals surface area contributed by atoms with E-state index >= 15 is 0 Å². The second-order valence-corrected chi connectivity index (χ2v) is 8.71. The molecule has 0 aliphatic carbocycles. The Labute approximate surface area is 183 Å². The molecular formula is C24H30N6O. The third-order valence-corrected chi connectivity index (χ3v) is 6.11. The molecule has 3 aromatic rings. The SMILES string of the molecule is Cc1cc(Nc2cc(C)[nH]n2)nc(N2CCC(C)(C(=O)CCc3ccccc3)CC2)n1. The van der Waals surface area contributed by atoms with E-state index in [1.165, 1.54) is 5.56 Å². The average molecular weight is 419 g/mol. The van der Waals surface area contributed by atoms with E-state index in [0.29, 0.717) is 18.2 Å². The van der Waals surface area contributed by atoms with E-state index < -0.39 is 0 Å². The van der Waals surface area contributed by atoms with Gasteiger partial charge in [-0.15, -0.1) is 0 Å². The fourth-order valence-corrected chi connectivity index (χ4v) is 4.06. The van der Waals surface area contributed by atoms with E-state index in [2.05, 4.69) is 44.5 Å². The highest BCUT2D eigenvalue weighted by Gasteiger charge is 2.36. The van der Waals surface area contributed by atoms with Crippen LogP contribution in [0, 0.1) is 19.3 Å². The third kappa shape index (κ3) is 5.10. The number of aromatic amines is 1. The summed E-state index contributed by atoms with van der Waals surface area (Å²) >= 11 is 0. The summed E-state index contributed by atoms with van der Waals surface area (Å²) in [5.41, 5.74) is 2.83. The molecule has 1 saturated heterocycles. The number of aromatic nitrogens is 4. The van der Waals surface area contributed by atoms with Crippen molar-refractivity contribution in [3.8, 4) is 0 Å². The van der Waals surface area contributed by atoms with Crippen LogP contribution in [0.4, 0.5) is 17.6 Å². The fourth-order valence-electron chi connectivity index (χ4n) is 4.06. The highest BCUT2D eigenvalue weighted by Crippen LogP contribution is 2.34. The van der Waals surface area contributed by atoms with Crippen LogP contribution in [0.3, 0.4) is 0 Å². The number of benzene rings is 1. The van der Waals surface area contributed by atoms with Crippen LogP contribution in [-0.4, -0.2) is 39.0 Å². The summed E-state index contributed by atoms with van der Waals surface area (Å²) in [7, 11) is 0. The lowest BCUT2D eigenvalue weighted by Crippen LogP contribution is -2.43. The van der Waals surface area contributed by atoms with Gasteiger partial charge in [0.25, 0.3) is 0 Å². The fraction of sp³-hybridized carbons (Fsp3) is 0.417. The van der Waals surface area contributed by atoms with Crippen molar-refractivity contribution >= 4 is 23.4 Å². The molecule has 0 amide bonds. The van der Waals surface area contributed by atoms with Crippen molar-refractivity contribution in [2.75, 3.05) is 23.3 Å². The van der Waals surface area contributed by atoms with Crippen LogP contribution in [-0.2, 0) is 11.2 Å². The maximum Gasteiger partial charge on any atom is 0.227 e. The number of carbonyl (C=O) groups is 1. The molecule has 162 valence electrons. The predicted molar refractivity (Wildman–Crippen MR) is 123 cm³/mol. The van der Waals surface area contributed by atoms with Crippen molar-refractivity contribution in [1.29, 1.82) is 0 Å². The first-order chi connectivity index (χ1) is 14.9. The van der Waals surface area contributed by atoms with Gasteiger partial charge in [0.1, 0.15) is 11.6 Å². The molecule has 2 N–H and O–H groups in total. The van der Waals surface area contributed by atoms with Crippen LogP contribution in [0.15, 0.2) is 42.5 Å². The van der Waals surface area contributed by atoms with Crippen molar-refractivity contribution in [2.24, 2.45) is 5.41 Å². The van der Waals surface area contributed by atoms with Crippen molar-refractivity contribution < 1.29 is 4.79 Å². The predicted octanol–water partition coefficient (Wildman–Crippen LogP) is 4.37. The van der Waals surface area contributed by atoms with Gasteiger partial charge in [0, 0.05) is 48.4 Å². The van der Waals surface area contributed by atoms with Gasteiger partial charge in [-0.25, -0.2) is 4.98 Å². The number of Topliss-reactive ketones (excluding diaryl/α,β-unsaturated/α-hetero) is 1. The molecule has 1 aliphatic rings. The molecule has 2 aromatic heterocycles. The summed E-state index contributed by atoms with van der Waals surface area (Å²) in [6.45, 7) is 7.59. The van der Waals surface area contributed by atoms with Gasteiger partial charge in [-0.3, -0.25) is 9.89 Å². The Bertz CT molecular complexity index is 1040. The first-order valence-corrected chi connectivity index (χ1v) is 10.9. The second-order valence-electron chi connectivity index (χ2n) is 8.71. The monoisotopic (exact) mass is 418 g/mol. The molecule has 7 nitrogen and oxygen atoms in total. The Hall–Kier alpha value is -3.22. The second kappa shape index (κ2) is 8.88. The number of ketones is 1. The first kappa shape index (κ1) is 21.0. The van der Waals surface area contributed by atoms with Gasteiger partial charge >= 0.3 is 0 Å². The molecule has 1 aliphatic heterocycles. The zero-order valence-electron chi connectivity index (χ0n) is 18.5. The van der Waals surface area contributed by atoms with Gasteiger partial charge in [0.15, 0.2) is 5.82 Å². The highest BCUT2D eigenvalue weighted by molar-refractivity contribution is 5.85. The molecule has 3 heterocycles. The molecular weight excluding hydrogens is 388 g/mol. The van der Waals surface area contributed by atoms with E-state index in [9.17, 15) is 4.79 Å². The highest BCUT2D eigenvalue weighted by atomic mass is 16.1. The summed E-state index contributed by atoms with van der Waals surface area (Å²) in [6, 6.07) is 14.1. The number of nitrogens with zero attached hydrogens (tertiary/aromatic N) is 4. The summed E-state index contributed by atoms with van der Waals surface area (Å²) < 4.78 is 0. The minimum absolute atomic E-state index is 0.275. The Kier molecular flexibility index (Phi) is 6.02. The summed E-state index contributed by atoms with van der Waals surface area (Å²) in [5, 5.41) is 10.4. The molecule has 0 spiro atoms. The lowest BCUT2D eigenvalue weighted by Gasteiger charge is -2.38. The lowest BCUT2D eigenvalue weighted by molar-refractivity contribution is -0.129. The maximum atomic E-state index is 13.0. The Morgan fingerprint density at radius 2 is 1.84 bits per heavy atom.